The third-order valence-electron chi connectivity index (χ3n) is 3.82. The van der Waals surface area contributed by atoms with Crippen LogP contribution in [0.1, 0.15) is 5.69 Å². The highest BCUT2D eigenvalue weighted by atomic mass is 16.5. The predicted molar refractivity (Wildman–Crippen MR) is 83.8 cm³/mol. The number of aromatic nitrogens is 1. The molecule has 0 aliphatic rings. The number of methoxy groups -OCH3 is 1. The molecule has 1 aromatic heterocycles. The summed E-state index contributed by atoms with van der Waals surface area (Å²) in [6.45, 7) is 2.15. The third kappa shape index (κ3) is 2.60. The molecule has 3 rings (SSSR count). The summed E-state index contributed by atoms with van der Waals surface area (Å²) < 4.78 is 7.55. The van der Waals surface area contributed by atoms with Crippen molar-refractivity contribution < 1.29 is 14.8 Å². The van der Waals surface area contributed by atoms with E-state index in [1.165, 1.54) is 27.6 Å². The van der Waals surface area contributed by atoms with Crippen LogP contribution in [-0.2, 0) is 7.05 Å². The van der Waals surface area contributed by atoms with Crippen LogP contribution in [0, 0.1) is 6.92 Å². The van der Waals surface area contributed by atoms with Crippen molar-refractivity contribution in [2.45, 2.75) is 6.92 Å². The summed E-state index contributed by atoms with van der Waals surface area (Å²) in [5.74, 6) is 0.892. The maximum atomic E-state index is 5.38. The Morgan fingerprint density at radius 1 is 1.00 bits per heavy atom. The number of hydrogen-bond acceptors (Lipinski definition) is 2. The Kier molecular flexibility index (Phi) is 4.24. The third-order valence-corrected chi connectivity index (χ3v) is 3.82. The first-order valence-corrected chi connectivity index (χ1v) is 6.73. The normalized spacial score (nSPS) is 10.2. The lowest BCUT2D eigenvalue weighted by atomic mass is 9.97. The number of rotatable bonds is 2. The maximum absolute atomic E-state index is 5.38. The molecule has 1 N–H and O–H groups in total. The molecule has 0 saturated carbocycles. The van der Waals surface area contributed by atoms with Gasteiger partial charge in [-0.25, -0.2) is 4.57 Å². The van der Waals surface area contributed by atoms with Crippen LogP contribution in [0.25, 0.3) is 21.9 Å². The molecule has 0 fully saturated rings. The fourth-order valence-corrected chi connectivity index (χ4v) is 2.64. The molecule has 1 heterocycles. The van der Waals surface area contributed by atoms with Gasteiger partial charge < -0.3 is 10.2 Å². The highest BCUT2D eigenvalue weighted by Gasteiger charge is 2.16. The molecule has 2 aromatic carbocycles. The zero-order chi connectivity index (χ0) is 14.1. The molecule has 0 bridgehead atoms. The van der Waals surface area contributed by atoms with E-state index in [9.17, 15) is 0 Å². The molecule has 3 nitrogen and oxygen atoms in total. The largest absolute Gasteiger partial charge is 0.870 e. The molecule has 0 aliphatic carbocycles. The number of benzene rings is 2. The lowest BCUT2D eigenvalue weighted by Gasteiger charge is -2.10. The van der Waals surface area contributed by atoms with Gasteiger partial charge in [0.1, 0.15) is 12.8 Å². The number of ether oxygens (including phenoxy) is 1. The summed E-state index contributed by atoms with van der Waals surface area (Å²) in [4.78, 5) is 0. The van der Waals surface area contributed by atoms with E-state index in [-0.39, 0.29) is 5.48 Å². The van der Waals surface area contributed by atoms with E-state index in [4.69, 9.17) is 4.74 Å². The Bertz CT molecular complexity index is 767. The minimum absolute atomic E-state index is 0. The van der Waals surface area contributed by atoms with E-state index in [0.29, 0.717) is 0 Å². The highest BCUT2D eigenvalue weighted by Crippen LogP contribution is 2.32. The highest BCUT2D eigenvalue weighted by molar-refractivity contribution is 5.97. The molecule has 0 aliphatic heterocycles. The fourth-order valence-electron chi connectivity index (χ4n) is 2.64. The molecule has 0 amide bonds. The van der Waals surface area contributed by atoms with Gasteiger partial charge in [0.15, 0.2) is 11.9 Å². The van der Waals surface area contributed by atoms with Gasteiger partial charge in [-0.3, -0.25) is 0 Å². The first-order valence-electron chi connectivity index (χ1n) is 6.73. The lowest BCUT2D eigenvalue weighted by molar-refractivity contribution is -0.675. The summed E-state index contributed by atoms with van der Waals surface area (Å²) >= 11 is 0. The van der Waals surface area contributed by atoms with E-state index >= 15 is 0 Å². The Labute approximate surface area is 124 Å². The van der Waals surface area contributed by atoms with Crippen molar-refractivity contribution in [1.29, 1.82) is 0 Å². The number of hydrogen-bond donors (Lipinski definition) is 0. The van der Waals surface area contributed by atoms with Crippen LogP contribution in [0.5, 0.6) is 5.75 Å². The van der Waals surface area contributed by atoms with Gasteiger partial charge in [0, 0.05) is 17.7 Å². The average molecular weight is 281 g/mol. The quantitative estimate of drug-likeness (QED) is 0.675. The average Bonchev–Trinajstić information content (AvgIpc) is 2.49. The Morgan fingerprint density at radius 3 is 2.38 bits per heavy atom. The molecule has 21 heavy (non-hydrogen) atoms. The van der Waals surface area contributed by atoms with Crippen LogP contribution in [0.4, 0.5) is 0 Å². The summed E-state index contributed by atoms with van der Waals surface area (Å²) in [6.07, 6.45) is 2.16. The molecule has 0 saturated heterocycles. The standard InChI is InChI=1S/C18H18NO.H2O/c1-13-18(14-7-5-4-6-8-14)17-11-16(20-3)10-9-15(17)12-19(13)2;/h4-12H,1-3H3;1H2/q+1;/p-1. The topological polar surface area (TPSA) is 43.1 Å². The number of nitrogens with zero attached hydrogens (tertiary/aromatic N) is 1. The number of pyridine rings is 1. The molecule has 0 spiro atoms. The van der Waals surface area contributed by atoms with Gasteiger partial charge >= 0.3 is 0 Å². The second kappa shape index (κ2) is 5.94. The van der Waals surface area contributed by atoms with Gasteiger partial charge in [0.05, 0.1) is 12.7 Å². The Hall–Kier alpha value is -2.39. The predicted octanol–water partition coefficient (Wildman–Crippen LogP) is 3.47. The molecule has 0 unspecified atom stereocenters. The van der Waals surface area contributed by atoms with Gasteiger partial charge in [-0.1, -0.05) is 30.3 Å². The molecule has 3 aromatic rings. The Morgan fingerprint density at radius 2 is 1.71 bits per heavy atom. The monoisotopic (exact) mass is 281 g/mol. The number of aryl methyl sites for hydroxylation is 1. The second-order valence-corrected chi connectivity index (χ2v) is 5.02. The van der Waals surface area contributed by atoms with Gasteiger partial charge in [-0.05, 0) is 23.8 Å². The molecule has 0 atom stereocenters. The molecular formula is C18H19NO2. The minimum atomic E-state index is 0. The van der Waals surface area contributed by atoms with Crippen LogP contribution in [-0.4, -0.2) is 12.6 Å². The molecule has 108 valence electrons. The Balaban J connectivity index is 0.00000161. The van der Waals surface area contributed by atoms with Crippen molar-refractivity contribution >= 4 is 10.8 Å². The van der Waals surface area contributed by atoms with Gasteiger partial charge in [-0.2, -0.15) is 0 Å². The van der Waals surface area contributed by atoms with Crippen molar-refractivity contribution in [1.82, 2.24) is 0 Å². The van der Waals surface area contributed by atoms with Crippen LogP contribution in [0.15, 0.2) is 54.7 Å². The summed E-state index contributed by atoms with van der Waals surface area (Å²) in [5, 5.41) is 2.45. The van der Waals surface area contributed by atoms with Crippen LogP contribution < -0.4 is 9.30 Å². The van der Waals surface area contributed by atoms with Gasteiger partial charge in [-0.15, -0.1) is 0 Å². The van der Waals surface area contributed by atoms with E-state index < -0.39 is 0 Å². The van der Waals surface area contributed by atoms with Crippen molar-refractivity contribution in [3.8, 4) is 16.9 Å². The lowest BCUT2D eigenvalue weighted by Crippen LogP contribution is -2.32. The fraction of sp³-hybridized carbons (Fsp3) is 0.167. The smallest absolute Gasteiger partial charge is 0.186 e. The SMILES string of the molecule is COc1ccc2c[n+](C)c(C)c(-c3ccccc3)c2c1.[OH-]. The summed E-state index contributed by atoms with van der Waals surface area (Å²) in [5.41, 5.74) is 3.75. The zero-order valence-electron chi connectivity index (χ0n) is 12.5. The van der Waals surface area contributed by atoms with Crippen LogP contribution in [0.3, 0.4) is 0 Å². The van der Waals surface area contributed by atoms with E-state index in [1.54, 1.807) is 7.11 Å². The van der Waals surface area contributed by atoms with E-state index in [2.05, 4.69) is 61.1 Å². The first-order chi connectivity index (χ1) is 9.70. The summed E-state index contributed by atoms with van der Waals surface area (Å²) in [6, 6.07) is 16.7. The van der Waals surface area contributed by atoms with Gasteiger partial charge in [0.25, 0.3) is 0 Å². The number of fused-ring (bicyclic) bond motifs is 1. The van der Waals surface area contributed by atoms with Crippen molar-refractivity contribution in [3.05, 3.63) is 60.4 Å². The summed E-state index contributed by atoms with van der Waals surface area (Å²) in [7, 11) is 3.80. The maximum Gasteiger partial charge on any atom is 0.186 e. The molecule has 0 radical (unpaired) electrons. The molecular weight excluding hydrogens is 262 g/mol. The van der Waals surface area contributed by atoms with Crippen molar-refractivity contribution in [2.24, 2.45) is 7.05 Å². The van der Waals surface area contributed by atoms with Crippen molar-refractivity contribution in [3.63, 3.8) is 0 Å². The van der Waals surface area contributed by atoms with Crippen molar-refractivity contribution in [2.75, 3.05) is 7.11 Å². The molecule has 3 heteroatoms. The van der Waals surface area contributed by atoms with Crippen LogP contribution in [0.2, 0.25) is 0 Å². The second-order valence-electron chi connectivity index (χ2n) is 5.02. The van der Waals surface area contributed by atoms with Crippen LogP contribution >= 0.6 is 0 Å². The van der Waals surface area contributed by atoms with Gasteiger partial charge in [0.2, 0.25) is 0 Å². The van der Waals surface area contributed by atoms with E-state index in [0.717, 1.165) is 5.75 Å². The first kappa shape index (κ1) is 15.0. The zero-order valence-corrected chi connectivity index (χ0v) is 12.5. The minimum Gasteiger partial charge on any atom is -0.870 e. The van der Waals surface area contributed by atoms with E-state index in [1.807, 2.05) is 12.1 Å².